The summed E-state index contributed by atoms with van der Waals surface area (Å²) in [6.45, 7) is 2.53. The Morgan fingerprint density at radius 1 is 1.36 bits per heavy atom. The van der Waals surface area contributed by atoms with E-state index in [1.807, 2.05) is 6.92 Å². The first-order chi connectivity index (χ1) is 10.5. The molecule has 1 aliphatic rings. The predicted molar refractivity (Wildman–Crippen MR) is 80.5 cm³/mol. The zero-order chi connectivity index (χ0) is 16.2. The molecular weight excluding hydrogens is 363 g/mol. The Balaban J connectivity index is 2.40. The molecule has 0 saturated carbocycles. The summed E-state index contributed by atoms with van der Waals surface area (Å²) in [7, 11) is 0. The topological polar surface area (TPSA) is 35.3 Å². The van der Waals surface area contributed by atoms with Crippen molar-refractivity contribution in [3.8, 4) is 0 Å². The summed E-state index contributed by atoms with van der Waals surface area (Å²) in [5.41, 5.74) is -0.840. The third-order valence-corrected chi connectivity index (χ3v) is 3.86. The number of ether oxygens (including phenoxy) is 1. The molecule has 2 rings (SSSR count). The molecule has 0 spiro atoms. The molecule has 1 atom stereocenters. The van der Waals surface area contributed by atoms with Gasteiger partial charge in [-0.2, -0.15) is 13.2 Å². The number of halogens is 4. The molecule has 0 aromatic carbocycles. The molecule has 3 nitrogen and oxygen atoms in total. The molecule has 0 aliphatic heterocycles. The number of allylic oxidation sites excluding steroid dienone is 2. The van der Waals surface area contributed by atoms with Gasteiger partial charge in [0.1, 0.15) is 5.76 Å². The largest absolute Gasteiger partial charge is 0.497 e. The first kappa shape index (κ1) is 17.1. The zero-order valence-corrected chi connectivity index (χ0v) is 13.7. The minimum Gasteiger partial charge on any atom is -0.497 e. The number of hydrogen-bond acceptors (Lipinski definition) is 3. The lowest BCUT2D eigenvalue weighted by Crippen LogP contribution is -2.27. The summed E-state index contributed by atoms with van der Waals surface area (Å²) in [5.74, 6) is 0.564. The van der Waals surface area contributed by atoms with Crippen molar-refractivity contribution in [3.05, 3.63) is 28.2 Å². The maximum absolute atomic E-state index is 12.9. The van der Waals surface area contributed by atoms with E-state index in [-0.39, 0.29) is 16.6 Å². The van der Waals surface area contributed by atoms with Crippen LogP contribution >= 0.6 is 15.9 Å². The molecule has 1 aromatic heterocycles. The Bertz CT molecular complexity index is 649. The lowest BCUT2D eigenvalue weighted by atomic mass is 10.0. The van der Waals surface area contributed by atoms with Crippen LogP contribution in [0.15, 0.2) is 16.4 Å². The standard InChI is InChI=1S/C15H17BrF3NO2/c1-2-4-10-9-13-11(14(20-22-13)15(17,18)19)5-6-12(10)21-8-3-7-16/h5-6,9-10H,2-4,7-8H2,1H3. The van der Waals surface area contributed by atoms with E-state index in [0.29, 0.717) is 12.4 Å². The van der Waals surface area contributed by atoms with Crippen molar-refractivity contribution in [1.29, 1.82) is 0 Å². The normalized spacial score (nSPS) is 17.9. The molecule has 1 heterocycles. The molecule has 0 bridgehead atoms. The van der Waals surface area contributed by atoms with Crippen molar-refractivity contribution in [2.75, 3.05) is 11.9 Å². The van der Waals surface area contributed by atoms with Crippen LogP contribution in [0.2, 0.25) is 0 Å². The van der Waals surface area contributed by atoms with E-state index in [9.17, 15) is 13.2 Å². The van der Waals surface area contributed by atoms with Crippen LogP contribution in [0.25, 0.3) is 12.2 Å². The molecule has 0 radical (unpaired) electrons. The SMILES string of the molecule is CCCC1C=c2onc(C(F)(F)F)c2=CC=C1OCCCBr. The van der Waals surface area contributed by atoms with Gasteiger partial charge in [0.15, 0.2) is 11.1 Å². The summed E-state index contributed by atoms with van der Waals surface area (Å²) in [6.07, 6.45) is 2.61. The summed E-state index contributed by atoms with van der Waals surface area (Å²) in [6, 6.07) is 0. The summed E-state index contributed by atoms with van der Waals surface area (Å²) < 4.78 is 49.4. The fourth-order valence-corrected chi connectivity index (χ4v) is 2.51. The minimum atomic E-state index is -4.53. The maximum atomic E-state index is 12.9. The third kappa shape index (κ3) is 3.94. The average Bonchev–Trinajstić information content (AvgIpc) is 2.78. The molecule has 22 heavy (non-hydrogen) atoms. The lowest BCUT2D eigenvalue weighted by Gasteiger charge is -2.16. The molecule has 1 aliphatic carbocycles. The Kier molecular flexibility index (Phi) is 5.72. The Labute approximate surface area is 134 Å². The quantitative estimate of drug-likeness (QED) is 0.561. The fourth-order valence-electron chi connectivity index (χ4n) is 2.29. The first-order valence-corrected chi connectivity index (χ1v) is 8.25. The van der Waals surface area contributed by atoms with Crippen molar-refractivity contribution in [3.63, 3.8) is 0 Å². The van der Waals surface area contributed by atoms with Gasteiger partial charge in [-0.25, -0.2) is 0 Å². The second-order valence-corrected chi connectivity index (χ2v) is 5.79. The highest BCUT2D eigenvalue weighted by Crippen LogP contribution is 2.26. The van der Waals surface area contributed by atoms with Crippen LogP contribution in [0.4, 0.5) is 13.2 Å². The Morgan fingerprint density at radius 2 is 2.14 bits per heavy atom. The highest BCUT2D eigenvalue weighted by Gasteiger charge is 2.36. The van der Waals surface area contributed by atoms with Gasteiger partial charge in [0.2, 0.25) is 0 Å². The van der Waals surface area contributed by atoms with Gasteiger partial charge in [-0.15, -0.1) is 0 Å². The van der Waals surface area contributed by atoms with Crippen LogP contribution in [0.5, 0.6) is 0 Å². The van der Waals surface area contributed by atoms with E-state index in [1.54, 1.807) is 12.2 Å². The number of alkyl halides is 4. The fraction of sp³-hybridized carbons (Fsp3) is 0.533. The number of aromatic nitrogens is 1. The van der Waals surface area contributed by atoms with Crippen LogP contribution < -0.4 is 10.6 Å². The number of rotatable bonds is 6. The molecule has 1 unspecified atom stereocenters. The number of nitrogens with zero attached hydrogens (tertiary/aromatic N) is 1. The highest BCUT2D eigenvalue weighted by molar-refractivity contribution is 9.09. The molecule has 7 heteroatoms. The number of hydrogen-bond donors (Lipinski definition) is 0. The van der Waals surface area contributed by atoms with Gasteiger partial charge in [0.25, 0.3) is 0 Å². The van der Waals surface area contributed by atoms with Gasteiger partial charge in [-0.05, 0) is 31.1 Å². The van der Waals surface area contributed by atoms with Gasteiger partial charge in [-0.3, -0.25) is 0 Å². The van der Waals surface area contributed by atoms with E-state index in [2.05, 4.69) is 21.1 Å². The van der Waals surface area contributed by atoms with E-state index in [4.69, 9.17) is 9.26 Å². The summed E-state index contributed by atoms with van der Waals surface area (Å²) >= 11 is 3.32. The van der Waals surface area contributed by atoms with Crippen LogP contribution in [0.1, 0.15) is 31.9 Å². The highest BCUT2D eigenvalue weighted by atomic mass is 79.9. The summed E-state index contributed by atoms with van der Waals surface area (Å²) in [4.78, 5) is 0. The molecule has 122 valence electrons. The molecular formula is C15H17BrF3NO2. The monoisotopic (exact) mass is 379 g/mol. The molecule has 1 aromatic rings. The lowest BCUT2D eigenvalue weighted by molar-refractivity contribution is -0.143. The summed E-state index contributed by atoms with van der Waals surface area (Å²) in [5, 5.41) is 3.95. The molecule has 0 saturated heterocycles. The first-order valence-electron chi connectivity index (χ1n) is 7.12. The molecule has 0 amide bonds. The second kappa shape index (κ2) is 7.35. The van der Waals surface area contributed by atoms with E-state index in [0.717, 1.165) is 24.6 Å². The Hall–Kier alpha value is -1.24. The van der Waals surface area contributed by atoms with Crippen molar-refractivity contribution in [2.45, 2.75) is 32.4 Å². The van der Waals surface area contributed by atoms with E-state index < -0.39 is 11.9 Å². The second-order valence-electron chi connectivity index (χ2n) is 5.00. The van der Waals surface area contributed by atoms with Crippen molar-refractivity contribution in [1.82, 2.24) is 5.16 Å². The van der Waals surface area contributed by atoms with Crippen LogP contribution in [0, 0.1) is 5.92 Å². The van der Waals surface area contributed by atoms with Gasteiger partial charge in [0.05, 0.1) is 11.8 Å². The molecule has 0 fully saturated rings. The number of fused-ring (bicyclic) bond motifs is 1. The molecule has 0 N–H and O–H groups in total. The predicted octanol–water partition coefficient (Wildman–Crippen LogP) is 3.37. The third-order valence-electron chi connectivity index (χ3n) is 3.30. The van der Waals surface area contributed by atoms with Crippen molar-refractivity contribution < 1.29 is 22.4 Å². The maximum Gasteiger partial charge on any atom is 0.437 e. The van der Waals surface area contributed by atoms with E-state index in [1.165, 1.54) is 6.08 Å². The van der Waals surface area contributed by atoms with Crippen LogP contribution in [-0.4, -0.2) is 17.1 Å². The van der Waals surface area contributed by atoms with Crippen molar-refractivity contribution in [2.24, 2.45) is 5.92 Å². The van der Waals surface area contributed by atoms with Gasteiger partial charge >= 0.3 is 6.18 Å². The Morgan fingerprint density at radius 3 is 2.77 bits per heavy atom. The van der Waals surface area contributed by atoms with E-state index >= 15 is 0 Å². The van der Waals surface area contributed by atoms with Crippen molar-refractivity contribution >= 4 is 28.1 Å². The average molecular weight is 380 g/mol. The smallest absolute Gasteiger partial charge is 0.437 e. The van der Waals surface area contributed by atoms with Gasteiger partial charge in [-0.1, -0.05) is 34.4 Å². The van der Waals surface area contributed by atoms with Gasteiger partial charge < -0.3 is 9.26 Å². The van der Waals surface area contributed by atoms with Crippen LogP contribution in [0.3, 0.4) is 0 Å². The van der Waals surface area contributed by atoms with Gasteiger partial charge in [0, 0.05) is 11.2 Å². The zero-order valence-electron chi connectivity index (χ0n) is 12.1. The van der Waals surface area contributed by atoms with Crippen LogP contribution in [-0.2, 0) is 10.9 Å². The minimum absolute atomic E-state index is 0.0345.